The van der Waals surface area contributed by atoms with E-state index in [9.17, 15) is 14.7 Å². The third-order valence-corrected chi connectivity index (χ3v) is 3.00. The Bertz CT molecular complexity index is 455. The molecule has 20 heavy (non-hydrogen) atoms. The van der Waals surface area contributed by atoms with Crippen LogP contribution < -0.4 is 5.11 Å². The van der Waals surface area contributed by atoms with Gasteiger partial charge in [0.15, 0.2) is 0 Å². The normalized spacial score (nSPS) is 13.8. The molecule has 0 fully saturated rings. The van der Waals surface area contributed by atoms with Crippen molar-refractivity contribution in [2.75, 3.05) is 6.61 Å². The number of carboxylic acids is 1. The molecule has 110 valence electrons. The zero-order valence-corrected chi connectivity index (χ0v) is 11.9. The van der Waals surface area contributed by atoms with Crippen LogP contribution >= 0.6 is 0 Å². The molecule has 0 radical (unpaired) electrons. The van der Waals surface area contributed by atoms with Crippen molar-refractivity contribution in [3.05, 3.63) is 35.9 Å². The lowest BCUT2D eigenvalue weighted by atomic mass is 9.90. The van der Waals surface area contributed by atoms with Gasteiger partial charge < -0.3 is 19.4 Å². The third-order valence-electron chi connectivity index (χ3n) is 3.00. The van der Waals surface area contributed by atoms with Gasteiger partial charge in [-0.2, -0.15) is 0 Å². The van der Waals surface area contributed by atoms with Gasteiger partial charge in [0.05, 0.1) is 19.2 Å². The fraction of sp³-hybridized carbons (Fsp3) is 0.467. The van der Waals surface area contributed by atoms with E-state index in [4.69, 9.17) is 9.47 Å². The first-order valence-electron chi connectivity index (χ1n) is 6.51. The highest BCUT2D eigenvalue weighted by atomic mass is 16.6. The summed E-state index contributed by atoms with van der Waals surface area (Å²) in [5.74, 6) is -3.12. The third kappa shape index (κ3) is 3.36. The number of ether oxygens (including phenoxy) is 2. The molecule has 0 aromatic heterocycles. The molecule has 0 bridgehead atoms. The molecule has 0 amide bonds. The van der Waals surface area contributed by atoms with Gasteiger partial charge in [0.25, 0.3) is 0 Å². The average molecular weight is 279 g/mol. The highest BCUT2D eigenvalue weighted by molar-refractivity contribution is 6.02. The predicted octanol–water partition coefficient (Wildman–Crippen LogP) is 0.911. The molecule has 0 saturated carbocycles. The zero-order chi connectivity index (χ0) is 15.2. The van der Waals surface area contributed by atoms with Gasteiger partial charge >= 0.3 is 5.97 Å². The first-order chi connectivity index (χ1) is 9.45. The highest BCUT2D eigenvalue weighted by Crippen LogP contribution is 2.25. The second-order valence-electron chi connectivity index (χ2n) is 4.67. The number of benzene rings is 1. The van der Waals surface area contributed by atoms with Crippen LogP contribution in [0.5, 0.6) is 0 Å². The summed E-state index contributed by atoms with van der Waals surface area (Å²) in [6, 6.07) is 9.01. The van der Waals surface area contributed by atoms with Crippen molar-refractivity contribution in [3.8, 4) is 0 Å². The van der Waals surface area contributed by atoms with Crippen molar-refractivity contribution in [1.82, 2.24) is 0 Å². The van der Waals surface area contributed by atoms with Gasteiger partial charge in [0.2, 0.25) is 5.60 Å². The molecule has 5 heteroatoms. The van der Waals surface area contributed by atoms with E-state index in [1.165, 1.54) is 0 Å². The Labute approximate surface area is 118 Å². The number of esters is 1. The molecule has 0 spiro atoms. The van der Waals surface area contributed by atoms with Crippen molar-refractivity contribution in [1.29, 1.82) is 0 Å². The lowest BCUT2D eigenvalue weighted by Crippen LogP contribution is -2.60. The Balaban J connectivity index is 2.98. The largest absolute Gasteiger partial charge is 0.546 e. The van der Waals surface area contributed by atoms with Crippen LogP contribution in [0, 0.1) is 5.92 Å². The van der Waals surface area contributed by atoms with Crippen LogP contribution in [0.1, 0.15) is 26.3 Å². The molecule has 0 saturated heterocycles. The van der Waals surface area contributed by atoms with Gasteiger partial charge in [-0.05, 0) is 18.4 Å². The SMILES string of the molecule is CCOC(=O)C(OCc1ccccc1)(C(=O)[O-])C(C)C. The van der Waals surface area contributed by atoms with E-state index in [0.717, 1.165) is 5.56 Å². The van der Waals surface area contributed by atoms with E-state index >= 15 is 0 Å². The molecule has 0 N–H and O–H groups in total. The Morgan fingerprint density at radius 1 is 1.25 bits per heavy atom. The lowest BCUT2D eigenvalue weighted by Gasteiger charge is -2.35. The van der Waals surface area contributed by atoms with Crippen LogP contribution in [-0.4, -0.2) is 24.1 Å². The summed E-state index contributed by atoms with van der Waals surface area (Å²) in [6.07, 6.45) is 0. The van der Waals surface area contributed by atoms with E-state index in [-0.39, 0.29) is 13.2 Å². The molecule has 0 aliphatic heterocycles. The molecule has 1 aromatic carbocycles. The fourth-order valence-electron chi connectivity index (χ4n) is 1.85. The van der Waals surface area contributed by atoms with E-state index in [1.807, 2.05) is 6.07 Å². The predicted molar refractivity (Wildman–Crippen MR) is 70.4 cm³/mol. The molecule has 1 rings (SSSR count). The maximum atomic E-state index is 12.0. The molecular formula is C15H19O5-. The molecule has 5 nitrogen and oxygen atoms in total. The minimum absolute atomic E-state index is 0.00812. The molecule has 1 atom stereocenters. The summed E-state index contributed by atoms with van der Waals surface area (Å²) in [6.45, 7) is 4.84. The van der Waals surface area contributed by atoms with Crippen molar-refractivity contribution < 1.29 is 24.2 Å². The molecule has 0 heterocycles. The van der Waals surface area contributed by atoms with E-state index in [0.29, 0.717) is 0 Å². The number of carbonyl (C=O) groups is 2. The average Bonchev–Trinajstić information content (AvgIpc) is 2.40. The maximum absolute atomic E-state index is 12.0. The van der Waals surface area contributed by atoms with Gasteiger partial charge in [0.1, 0.15) is 0 Å². The van der Waals surface area contributed by atoms with Gasteiger partial charge in [0, 0.05) is 0 Å². The number of rotatable bonds is 7. The lowest BCUT2D eigenvalue weighted by molar-refractivity contribution is -0.329. The minimum Gasteiger partial charge on any atom is -0.546 e. The van der Waals surface area contributed by atoms with Gasteiger partial charge in [-0.3, -0.25) is 0 Å². The fourth-order valence-corrected chi connectivity index (χ4v) is 1.85. The van der Waals surface area contributed by atoms with Crippen LogP contribution in [0.15, 0.2) is 30.3 Å². The van der Waals surface area contributed by atoms with Crippen LogP contribution in [0.3, 0.4) is 0 Å². The van der Waals surface area contributed by atoms with Gasteiger partial charge in [-0.15, -0.1) is 0 Å². The number of aliphatic carboxylic acids is 1. The minimum atomic E-state index is -2.09. The first kappa shape index (κ1) is 16.2. The van der Waals surface area contributed by atoms with Crippen molar-refractivity contribution in [2.24, 2.45) is 5.92 Å². The van der Waals surface area contributed by atoms with Gasteiger partial charge in [-0.25, -0.2) is 4.79 Å². The Hall–Kier alpha value is -1.88. The first-order valence-corrected chi connectivity index (χ1v) is 6.51. The Morgan fingerprint density at radius 3 is 2.30 bits per heavy atom. The van der Waals surface area contributed by atoms with Crippen molar-refractivity contribution >= 4 is 11.9 Å². The summed E-state index contributed by atoms with van der Waals surface area (Å²) < 4.78 is 10.3. The second-order valence-corrected chi connectivity index (χ2v) is 4.67. The van der Waals surface area contributed by atoms with E-state index in [1.54, 1.807) is 45.0 Å². The number of carboxylic acid groups (broad SMARTS) is 1. The van der Waals surface area contributed by atoms with Crippen molar-refractivity contribution in [2.45, 2.75) is 33.0 Å². The molecule has 0 aliphatic carbocycles. The topological polar surface area (TPSA) is 75.7 Å². The van der Waals surface area contributed by atoms with Crippen LogP contribution in [0.2, 0.25) is 0 Å². The van der Waals surface area contributed by atoms with E-state index in [2.05, 4.69) is 0 Å². The number of carbonyl (C=O) groups excluding carboxylic acids is 2. The second kappa shape index (κ2) is 7.05. The zero-order valence-electron chi connectivity index (χ0n) is 11.9. The number of hydrogen-bond donors (Lipinski definition) is 0. The van der Waals surface area contributed by atoms with Crippen LogP contribution in [0.25, 0.3) is 0 Å². The standard InChI is InChI=1S/C15H20O5/c1-4-19-14(18)15(11(2)3,13(16)17)20-10-12-8-6-5-7-9-12/h5-9,11H,4,10H2,1-3H3,(H,16,17)/p-1. The van der Waals surface area contributed by atoms with Gasteiger partial charge in [-0.1, -0.05) is 44.2 Å². The van der Waals surface area contributed by atoms with Crippen LogP contribution in [0.4, 0.5) is 0 Å². The Morgan fingerprint density at radius 2 is 1.85 bits per heavy atom. The molecular weight excluding hydrogens is 260 g/mol. The molecule has 0 aliphatic rings. The summed E-state index contributed by atoms with van der Waals surface area (Å²) in [4.78, 5) is 23.5. The summed E-state index contributed by atoms with van der Waals surface area (Å²) >= 11 is 0. The van der Waals surface area contributed by atoms with E-state index < -0.39 is 23.5 Å². The van der Waals surface area contributed by atoms with Crippen LogP contribution in [-0.2, 0) is 25.7 Å². The smallest absolute Gasteiger partial charge is 0.344 e. The quantitative estimate of drug-likeness (QED) is 0.548. The highest BCUT2D eigenvalue weighted by Gasteiger charge is 2.46. The maximum Gasteiger partial charge on any atom is 0.344 e. The van der Waals surface area contributed by atoms with Crippen molar-refractivity contribution in [3.63, 3.8) is 0 Å². The summed E-state index contributed by atoms with van der Waals surface area (Å²) in [7, 11) is 0. The Kier molecular flexibility index (Phi) is 5.70. The molecule has 1 unspecified atom stereocenters. The summed E-state index contributed by atoms with van der Waals surface area (Å²) in [5.41, 5.74) is -1.32. The summed E-state index contributed by atoms with van der Waals surface area (Å²) in [5, 5.41) is 11.5. The number of hydrogen-bond acceptors (Lipinski definition) is 5. The molecule has 1 aromatic rings. The monoisotopic (exact) mass is 279 g/mol.